The molecule has 0 aliphatic carbocycles. The first-order chi connectivity index (χ1) is 9.67. The summed E-state index contributed by atoms with van der Waals surface area (Å²) >= 11 is 0. The highest BCUT2D eigenvalue weighted by atomic mass is 16.5. The molecular weight excluding hydrogens is 264 g/mol. The summed E-state index contributed by atoms with van der Waals surface area (Å²) in [7, 11) is 1.51. The summed E-state index contributed by atoms with van der Waals surface area (Å²) in [6, 6.07) is 5.11. The molecular formula is C14H18O6. The van der Waals surface area contributed by atoms with E-state index in [1.165, 1.54) is 13.2 Å². The highest BCUT2D eigenvalue weighted by Crippen LogP contribution is 2.25. The summed E-state index contributed by atoms with van der Waals surface area (Å²) in [4.78, 5) is 10.5. The zero-order chi connectivity index (χ0) is 14.8. The van der Waals surface area contributed by atoms with Crippen LogP contribution in [0.15, 0.2) is 24.3 Å². The average Bonchev–Trinajstić information content (AvgIpc) is 2.45. The van der Waals surface area contributed by atoms with Crippen molar-refractivity contribution in [3.05, 3.63) is 29.8 Å². The number of carboxylic acid groups (broad SMARTS) is 1. The van der Waals surface area contributed by atoms with Gasteiger partial charge < -0.3 is 24.4 Å². The number of aliphatic hydroxyl groups is 1. The molecule has 2 N–H and O–H groups in total. The van der Waals surface area contributed by atoms with Crippen LogP contribution in [0.4, 0.5) is 0 Å². The first-order valence-corrected chi connectivity index (χ1v) is 6.08. The SMILES string of the molecule is COc1ccc(OCCOCCO)cc1/C=C/C(=O)O. The van der Waals surface area contributed by atoms with Crippen molar-refractivity contribution >= 4 is 12.0 Å². The van der Waals surface area contributed by atoms with Gasteiger partial charge in [0.1, 0.15) is 18.1 Å². The third kappa shape index (κ3) is 5.73. The topological polar surface area (TPSA) is 85.2 Å². The van der Waals surface area contributed by atoms with Crippen LogP contribution in [0, 0.1) is 0 Å². The minimum atomic E-state index is -1.03. The average molecular weight is 282 g/mol. The van der Waals surface area contributed by atoms with Crippen molar-refractivity contribution in [1.82, 2.24) is 0 Å². The number of hydrogen-bond donors (Lipinski definition) is 2. The van der Waals surface area contributed by atoms with E-state index in [9.17, 15) is 4.79 Å². The second kappa shape index (κ2) is 8.95. The highest BCUT2D eigenvalue weighted by molar-refractivity contribution is 5.86. The Morgan fingerprint density at radius 2 is 2.10 bits per heavy atom. The third-order valence-electron chi connectivity index (χ3n) is 2.34. The Kier molecular flexibility index (Phi) is 7.16. The fraction of sp³-hybridized carbons (Fsp3) is 0.357. The predicted molar refractivity (Wildman–Crippen MR) is 73.1 cm³/mol. The van der Waals surface area contributed by atoms with Crippen molar-refractivity contribution < 1.29 is 29.2 Å². The van der Waals surface area contributed by atoms with Crippen LogP contribution in [0.3, 0.4) is 0 Å². The molecule has 6 nitrogen and oxygen atoms in total. The maximum atomic E-state index is 10.5. The van der Waals surface area contributed by atoms with Gasteiger partial charge in [-0.1, -0.05) is 0 Å². The number of ether oxygens (including phenoxy) is 3. The van der Waals surface area contributed by atoms with E-state index in [0.717, 1.165) is 6.08 Å². The quantitative estimate of drug-likeness (QED) is 0.522. The first kappa shape index (κ1) is 16.0. The molecule has 1 aromatic rings. The molecule has 0 spiro atoms. The summed E-state index contributed by atoms with van der Waals surface area (Å²) in [6.45, 7) is 0.965. The molecule has 0 aromatic heterocycles. The van der Waals surface area contributed by atoms with E-state index >= 15 is 0 Å². The van der Waals surface area contributed by atoms with Crippen molar-refractivity contribution in [2.75, 3.05) is 33.5 Å². The maximum absolute atomic E-state index is 10.5. The number of methoxy groups -OCH3 is 1. The zero-order valence-electron chi connectivity index (χ0n) is 11.2. The van der Waals surface area contributed by atoms with E-state index in [-0.39, 0.29) is 13.2 Å². The van der Waals surface area contributed by atoms with E-state index in [1.54, 1.807) is 18.2 Å². The Labute approximate surface area is 117 Å². The van der Waals surface area contributed by atoms with Crippen molar-refractivity contribution in [2.24, 2.45) is 0 Å². The summed E-state index contributed by atoms with van der Waals surface area (Å²) in [5.41, 5.74) is 0.615. The summed E-state index contributed by atoms with van der Waals surface area (Å²) in [5, 5.41) is 17.2. The van der Waals surface area contributed by atoms with Crippen LogP contribution in [0.1, 0.15) is 5.56 Å². The molecule has 20 heavy (non-hydrogen) atoms. The van der Waals surface area contributed by atoms with Crippen molar-refractivity contribution in [1.29, 1.82) is 0 Å². The smallest absolute Gasteiger partial charge is 0.328 e. The molecule has 0 bridgehead atoms. The minimum Gasteiger partial charge on any atom is -0.496 e. The third-order valence-corrected chi connectivity index (χ3v) is 2.34. The van der Waals surface area contributed by atoms with Crippen LogP contribution in [0.25, 0.3) is 6.08 Å². The summed E-state index contributed by atoms with van der Waals surface area (Å²) in [5.74, 6) is 0.116. The molecule has 0 saturated heterocycles. The molecule has 0 amide bonds. The predicted octanol–water partition coefficient (Wildman–Crippen LogP) is 1.18. The van der Waals surface area contributed by atoms with E-state index in [2.05, 4.69) is 0 Å². The molecule has 0 saturated carbocycles. The lowest BCUT2D eigenvalue weighted by atomic mass is 10.1. The van der Waals surface area contributed by atoms with Crippen LogP contribution in [0.5, 0.6) is 11.5 Å². The molecule has 0 atom stereocenters. The van der Waals surface area contributed by atoms with E-state index in [4.69, 9.17) is 24.4 Å². The number of carboxylic acids is 1. The highest BCUT2D eigenvalue weighted by Gasteiger charge is 2.03. The minimum absolute atomic E-state index is 0.0212. The van der Waals surface area contributed by atoms with Crippen LogP contribution >= 0.6 is 0 Å². The lowest BCUT2D eigenvalue weighted by molar-refractivity contribution is -0.131. The monoisotopic (exact) mass is 282 g/mol. The molecule has 0 unspecified atom stereocenters. The van der Waals surface area contributed by atoms with E-state index < -0.39 is 5.97 Å². The number of hydrogen-bond acceptors (Lipinski definition) is 5. The number of rotatable bonds is 9. The Hall–Kier alpha value is -2.05. The zero-order valence-corrected chi connectivity index (χ0v) is 11.2. The fourth-order valence-electron chi connectivity index (χ4n) is 1.48. The van der Waals surface area contributed by atoms with E-state index in [1.807, 2.05) is 0 Å². The second-order valence-corrected chi connectivity index (χ2v) is 3.76. The number of aliphatic hydroxyl groups excluding tert-OH is 1. The Balaban J connectivity index is 2.64. The van der Waals surface area contributed by atoms with Gasteiger partial charge in [-0.25, -0.2) is 4.79 Å². The van der Waals surface area contributed by atoms with Gasteiger partial charge in [-0.2, -0.15) is 0 Å². The van der Waals surface area contributed by atoms with Crippen LogP contribution in [-0.2, 0) is 9.53 Å². The Morgan fingerprint density at radius 3 is 2.75 bits per heavy atom. The summed E-state index contributed by atoms with van der Waals surface area (Å²) < 4.78 is 15.7. The van der Waals surface area contributed by atoms with Gasteiger partial charge in [0.2, 0.25) is 0 Å². The summed E-state index contributed by atoms with van der Waals surface area (Å²) in [6.07, 6.45) is 2.47. The van der Waals surface area contributed by atoms with Crippen molar-refractivity contribution in [3.63, 3.8) is 0 Å². The van der Waals surface area contributed by atoms with Crippen LogP contribution in [0.2, 0.25) is 0 Å². The van der Waals surface area contributed by atoms with Gasteiger partial charge in [0, 0.05) is 11.6 Å². The maximum Gasteiger partial charge on any atom is 0.328 e. The second-order valence-electron chi connectivity index (χ2n) is 3.76. The van der Waals surface area contributed by atoms with E-state index in [0.29, 0.717) is 30.3 Å². The normalized spacial score (nSPS) is 10.7. The van der Waals surface area contributed by atoms with Crippen molar-refractivity contribution in [2.45, 2.75) is 0 Å². The molecule has 0 aliphatic heterocycles. The molecule has 0 aliphatic rings. The van der Waals surface area contributed by atoms with Gasteiger partial charge in [0.05, 0.1) is 26.9 Å². The molecule has 1 rings (SSSR count). The van der Waals surface area contributed by atoms with Gasteiger partial charge in [-0.3, -0.25) is 0 Å². The molecule has 0 radical (unpaired) electrons. The Bertz CT molecular complexity index is 455. The van der Waals surface area contributed by atoms with Gasteiger partial charge in [-0.05, 0) is 24.3 Å². The fourth-order valence-corrected chi connectivity index (χ4v) is 1.48. The standard InChI is InChI=1S/C14H18O6/c1-18-13-4-3-12(20-9-8-19-7-6-15)10-11(13)2-5-14(16)17/h2-5,10,15H,6-9H2,1H3,(H,16,17)/b5-2+. The van der Waals surface area contributed by atoms with Crippen molar-refractivity contribution in [3.8, 4) is 11.5 Å². The first-order valence-electron chi connectivity index (χ1n) is 6.08. The van der Waals surface area contributed by atoms with Gasteiger partial charge >= 0.3 is 5.97 Å². The molecule has 0 heterocycles. The number of aliphatic carboxylic acids is 1. The molecule has 6 heteroatoms. The van der Waals surface area contributed by atoms with Crippen LogP contribution < -0.4 is 9.47 Å². The largest absolute Gasteiger partial charge is 0.496 e. The number of benzene rings is 1. The van der Waals surface area contributed by atoms with Crippen LogP contribution in [-0.4, -0.2) is 49.7 Å². The molecule has 1 aromatic carbocycles. The lowest BCUT2D eigenvalue weighted by Crippen LogP contribution is -2.09. The molecule has 110 valence electrons. The van der Waals surface area contributed by atoms with Gasteiger partial charge in [0.15, 0.2) is 0 Å². The number of carbonyl (C=O) groups is 1. The van der Waals surface area contributed by atoms with Gasteiger partial charge in [0.25, 0.3) is 0 Å². The Morgan fingerprint density at radius 1 is 1.30 bits per heavy atom. The lowest BCUT2D eigenvalue weighted by Gasteiger charge is -2.10. The van der Waals surface area contributed by atoms with Gasteiger partial charge in [-0.15, -0.1) is 0 Å². The molecule has 0 fully saturated rings.